The second-order valence-electron chi connectivity index (χ2n) is 3.73. The Morgan fingerprint density at radius 1 is 1.08 bits per heavy atom. The van der Waals surface area contributed by atoms with Crippen LogP contribution in [-0.4, -0.2) is 19.5 Å². The van der Waals surface area contributed by atoms with Gasteiger partial charge in [0.15, 0.2) is 0 Å². The third-order valence-electron chi connectivity index (χ3n) is 2.65. The molecule has 3 heteroatoms. The van der Waals surface area contributed by atoms with Gasteiger partial charge >= 0.3 is 0 Å². The zero-order valence-electron chi connectivity index (χ0n) is 9.24. The quantitative estimate of drug-likeness (QED) is 0.371. The van der Waals surface area contributed by atoms with Crippen LogP contribution in [0.25, 0.3) is 0 Å². The fourth-order valence-corrected chi connectivity index (χ4v) is 7.77. The Morgan fingerprint density at radius 2 is 1.54 bits per heavy atom. The van der Waals surface area contributed by atoms with Gasteiger partial charge in [0.25, 0.3) is 0 Å². The molecule has 80 valence electrons. The van der Waals surface area contributed by atoms with Crippen LogP contribution in [0.2, 0.25) is 12.1 Å². The normalized spacial score (nSPS) is 12.0. The van der Waals surface area contributed by atoms with Crippen molar-refractivity contribution in [1.82, 2.24) is 0 Å². The van der Waals surface area contributed by atoms with Crippen LogP contribution in [0, 0.1) is 0 Å². The Hall–Kier alpha value is 0.907. The summed E-state index contributed by atoms with van der Waals surface area (Å²) in [5.74, 6) is 0. The minimum Gasteiger partial charge on any atom is -0.419 e. The van der Waals surface area contributed by atoms with Gasteiger partial charge in [-0.3, -0.25) is 0 Å². The molecule has 0 aliphatic heterocycles. The maximum Gasteiger partial charge on any atom is 0.201 e. The van der Waals surface area contributed by atoms with E-state index >= 15 is 0 Å². The number of alkyl halides is 1. The van der Waals surface area contributed by atoms with Crippen LogP contribution < -0.4 is 0 Å². The summed E-state index contributed by atoms with van der Waals surface area (Å²) in [4.78, 5) is 0. The van der Waals surface area contributed by atoms with Gasteiger partial charge in [-0.2, -0.15) is 0 Å². The molecular formula is C10H23IOSi. The third kappa shape index (κ3) is 5.37. The van der Waals surface area contributed by atoms with Gasteiger partial charge in [0.05, 0.1) is 0 Å². The molecule has 0 unspecified atom stereocenters. The molecule has 0 aliphatic carbocycles. The van der Waals surface area contributed by atoms with E-state index in [1.54, 1.807) is 0 Å². The lowest BCUT2D eigenvalue weighted by Crippen LogP contribution is -2.39. The predicted octanol–water partition coefficient (Wildman–Crippen LogP) is 4.15. The van der Waals surface area contributed by atoms with Gasteiger partial charge in [0, 0.05) is 11.2 Å². The molecule has 0 heterocycles. The van der Waals surface area contributed by atoms with Crippen LogP contribution in [0.15, 0.2) is 0 Å². The van der Waals surface area contributed by atoms with Crippen molar-refractivity contribution in [2.75, 3.05) is 11.2 Å². The predicted molar refractivity (Wildman–Crippen MR) is 71.1 cm³/mol. The zero-order valence-corrected chi connectivity index (χ0v) is 12.4. The van der Waals surface area contributed by atoms with E-state index < -0.39 is 8.32 Å². The Morgan fingerprint density at radius 3 is 1.77 bits per heavy atom. The highest BCUT2D eigenvalue weighted by Crippen LogP contribution is 2.24. The molecule has 0 rings (SSSR count). The molecule has 0 atom stereocenters. The average Bonchev–Trinajstić information content (AvgIpc) is 2.20. The first-order valence-corrected chi connectivity index (χ1v) is 9.41. The molecule has 0 spiro atoms. The fourth-order valence-electron chi connectivity index (χ4n) is 1.52. The van der Waals surface area contributed by atoms with Crippen molar-refractivity contribution in [3.05, 3.63) is 0 Å². The van der Waals surface area contributed by atoms with Crippen LogP contribution >= 0.6 is 22.6 Å². The van der Waals surface area contributed by atoms with E-state index in [9.17, 15) is 0 Å². The maximum absolute atomic E-state index is 5.82. The smallest absolute Gasteiger partial charge is 0.201 e. The summed E-state index contributed by atoms with van der Waals surface area (Å²) < 4.78 is 7.09. The first-order chi connectivity index (χ1) is 6.24. The van der Waals surface area contributed by atoms with Crippen molar-refractivity contribution >= 4 is 30.9 Å². The van der Waals surface area contributed by atoms with Crippen molar-refractivity contribution in [1.29, 1.82) is 0 Å². The minimum atomic E-state index is -1.30. The van der Waals surface area contributed by atoms with Gasteiger partial charge in [0.1, 0.15) is 0 Å². The van der Waals surface area contributed by atoms with Crippen molar-refractivity contribution < 1.29 is 4.43 Å². The summed E-state index contributed by atoms with van der Waals surface area (Å²) in [6, 6.07) is 2.73. The molecule has 0 radical (unpaired) electrons. The van der Waals surface area contributed by atoms with Crippen molar-refractivity contribution in [3.63, 3.8) is 0 Å². The van der Waals surface area contributed by atoms with E-state index in [2.05, 4.69) is 36.4 Å². The number of rotatable bonds is 8. The number of hydrogen-bond donors (Lipinski definition) is 0. The molecule has 0 aromatic rings. The Bertz CT molecular complexity index is 105. The average molecular weight is 314 g/mol. The molecule has 0 amide bonds. The lowest BCUT2D eigenvalue weighted by molar-refractivity contribution is 0.392. The number of hydrogen-bond acceptors (Lipinski definition) is 1. The van der Waals surface area contributed by atoms with E-state index in [0.717, 1.165) is 0 Å². The highest BCUT2D eigenvalue weighted by molar-refractivity contribution is 14.1. The Labute approximate surface area is 97.9 Å². The van der Waals surface area contributed by atoms with E-state index in [-0.39, 0.29) is 0 Å². The summed E-state index contributed by atoms with van der Waals surface area (Å²) in [5.41, 5.74) is 0. The molecule has 0 N–H and O–H groups in total. The zero-order chi connectivity index (χ0) is 10.2. The highest BCUT2D eigenvalue weighted by Gasteiger charge is 2.30. The number of halogens is 1. The molecule has 0 fully saturated rings. The molecule has 0 aromatic heterocycles. The Balaban J connectivity index is 3.97. The molecular weight excluding hydrogens is 291 g/mol. The lowest BCUT2D eigenvalue weighted by atomic mass is 10.4. The van der Waals surface area contributed by atoms with Crippen molar-refractivity contribution in [3.8, 4) is 0 Å². The van der Waals surface area contributed by atoms with E-state index in [0.29, 0.717) is 0 Å². The molecule has 0 saturated carbocycles. The molecule has 13 heavy (non-hydrogen) atoms. The molecule has 0 bridgehead atoms. The summed E-state index contributed by atoms with van der Waals surface area (Å²) in [5, 5.41) is 0. The topological polar surface area (TPSA) is 9.23 Å². The molecule has 0 aliphatic rings. The molecule has 0 saturated heterocycles. The molecule has 1 nitrogen and oxygen atoms in total. The largest absolute Gasteiger partial charge is 0.419 e. The second kappa shape index (κ2) is 8.23. The van der Waals surface area contributed by atoms with E-state index in [4.69, 9.17) is 4.43 Å². The Kier molecular flexibility index (Phi) is 8.81. The second-order valence-corrected chi connectivity index (χ2v) is 10.1. The first kappa shape index (κ1) is 13.9. The van der Waals surface area contributed by atoms with Crippen LogP contribution in [0.4, 0.5) is 0 Å². The van der Waals surface area contributed by atoms with Gasteiger partial charge in [-0.15, -0.1) is 0 Å². The summed E-state index contributed by atoms with van der Waals surface area (Å²) in [6.07, 6.45) is 5.32. The highest BCUT2D eigenvalue weighted by atomic mass is 127. The van der Waals surface area contributed by atoms with E-state index in [1.165, 1.54) is 41.8 Å². The van der Waals surface area contributed by atoms with Crippen LogP contribution in [-0.2, 0) is 4.43 Å². The SMILES string of the molecule is CCCC[Si](CI)(CCCC)OC. The monoisotopic (exact) mass is 314 g/mol. The van der Waals surface area contributed by atoms with Gasteiger partial charge in [-0.1, -0.05) is 62.1 Å². The summed E-state index contributed by atoms with van der Waals surface area (Å²) in [6.45, 7) is 4.53. The van der Waals surface area contributed by atoms with Crippen molar-refractivity contribution in [2.45, 2.75) is 51.6 Å². The standard InChI is InChI=1S/C10H23IOSi/c1-4-6-8-13(10-11,12-3)9-7-5-2/h4-10H2,1-3H3. The van der Waals surface area contributed by atoms with Gasteiger partial charge in [0.2, 0.25) is 8.32 Å². The molecule has 0 aromatic carbocycles. The summed E-state index contributed by atoms with van der Waals surface area (Å²) in [7, 11) is 0.628. The van der Waals surface area contributed by atoms with Crippen LogP contribution in [0.3, 0.4) is 0 Å². The van der Waals surface area contributed by atoms with Crippen LogP contribution in [0.1, 0.15) is 39.5 Å². The van der Waals surface area contributed by atoms with Crippen LogP contribution in [0.5, 0.6) is 0 Å². The van der Waals surface area contributed by atoms with Gasteiger partial charge in [-0.25, -0.2) is 0 Å². The third-order valence-corrected chi connectivity index (χ3v) is 10.7. The maximum atomic E-state index is 5.82. The van der Waals surface area contributed by atoms with Gasteiger partial charge in [-0.05, 0) is 12.1 Å². The fraction of sp³-hybridized carbons (Fsp3) is 1.00. The minimum absolute atomic E-state index is 1.27. The number of unbranched alkanes of at least 4 members (excludes halogenated alkanes) is 2. The summed E-state index contributed by atoms with van der Waals surface area (Å²) >= 11 is 2.52. The first-order valence-electron chi connectivity index (χ1n) is 5.35. The van der Waals surface area contributed by atoms with Gasteiger partial charge < -0.3 is 4.43 Å². The van der Waals surface area contributed by atoms with E-state index in [1.807, 2.05) is 7.11 Å². The van der Waals surface area contributed by atoms with Crippen molar-refractivity contribution in [2.24, 2.45) is 0 Å². The lowest BCUT2D eigenvalue weighted by Gasteiger charge is -2.27.